The monoisotopic (exact) mass is 255 g/mol. The molecule has 2 aromatic carbocycles. The van der Waals surface area contributed by atoms with Crippen LogP contribution in [0.1, 0.15) is 31.0 Å². The maximum absolute atomic E-state index is 5.89. The normalized spacial score (nSPS) is 12.2. The van der Waals surface area contributed by atoms with Gasteiger partial charge in [0.2, 0.25) is 0 Å². The molecule has 0 aromatic heterocycles. The molecular weight excluding hydrogens is 234 g/mol. The van der Waals surface area contributed by atoms with Crippen LogP contribution in [-0.2, 0) is 6.42 Å². The van der Waals surface area contributed by atoms with Crippen LogP contribution < -0.4 is 10.1 Å². The average molecular weight is 255 g/mol. The fourth-order valence-corrected chi connectivity index (χ4v) is 1.94. The summed E-state index contributed by atoms with van der Waals surface area (Å²) in [6.45, 7) is 4.29. The number of hydrogen-bond donors (Lipinski definition) is 1. The Labute approximate surface area is 115 Å². The van der Waals surface area contributed by atoms with Crippen molar-refractivity contribution in [2.45, 2.75) is 26.3 Å². The Kier molecular flexibility index (Phi) is 4.58. The van der Waals surface area contributed by atoms with Crippen molar-refractivity contribution in [3.63, 3.8) is 0 Å². The molecule has 0 heterocycles. The van der Waals surface area contributed by atoms with Crippen molar-refractivity contribution in [3.05, 3.63) is 59.7 Å². The van der Waals surface area contributed by atoms with E-state index in [9.17, 15) is 0 Å². The summed E-state index contributed by atoms with van der Waals surface area (Å²) in [6, 6.07) is 16.8. The highest BCUT2D eigenvalue weighted by Crippen LogP contribution is 2.24. The maximum Gasteiger partial charge on any atom is 0.127 e. The lowest BCUT2D eigenvalue weighted by atomic mass is 10.1. The van der Waals surface area contributed by atoms with Gasteiger partial charge in [0, 0.05) is 6.04 Å². The molecule has 1 atom stereocenters. The second-order valence-electron chi connectivity index (χ2n) is 4.68. The Balaban J connectivity index is 2.13. The Bertz CT molecular complexity index is 519. The zero-order chi connectivity index (χ0) is 13.7. The molecule has 2 nitrogen and oxygen atoms in total. The van der Waals surface area contributed by atoms with E-state index in [-0.39, 0.29) is 0 Å². The van der Waals surface area contributed by atoms with Crippen LogP contribution in [0.2, 0.25) is 0 Å². The van der Waals surface area contributed by atoms with E-state index >= 15 is 0 Å². The Morgan fingerprint density at radius 1 is 1.05 bits per heavy atom. The number of nitrogens with one attached hydrogen (secondary N) is 1. The lowest BCUT2D eigenvalue weighted by Crippen LogP contribution is -2.11. The molecule has 0 aliphatic rings. The van der Waals surface area contributed by atoms with Gasteiger partial charge in [0.25, 0.3) is 0 Å². The van der Waals surface area contributed by atoms with Gasteiger partial charge in [0.15, 0.2) is 0 Å². The molecule has 0 aliphatic carbocycles. The molecule has 0 radical (unpaired) electrons. The number of ether oxygens (including phenoxy) is 1. The first kappa shape index (κ1) is 13.6. The predicted molar refractivity (Wildman–Crippen MR) is 79.8 cm³/mol. The van der Waals surface area contributed by atoms with E-state index in [1.54, 1.807) is 0 Å². The summed E-state index contributed by atoms with van der Waals surface area (Å²) in [5.41, 5.74) is 2.55. The summed E-state index contributed by atoms with van der Waals surface area (Å²) < 4.78 is 5.89. The van der Waals surface area contributed by atoms with E-state index in [0.29, 0.717) is 6.04 Å². The molecular formula is C17H21NO. The quantitative estimate of drug-likeness (QED) is 0.859. The third kappa shape index (κ3) is 3.58. The van der Waals surface area contributed by atoms with Gasteiger partial charge in [-0.05, 0) is 55.8 Å². The number of aryl methyl sites for hydroxylation is 1. The van der Waals surface area contributed by atoms with Gasteiger partial charge in [0.1, 0.15) is 11.5 Å². The van der Waals surface area contributed by atoms with Crippen LogP contribution >= 0.6 is 0 Å². The molecule has 19 heavy (non-hydrogen) atoms. The summed E-state index contributed by atoms with van der Waals surface area (Å²) in [6.07, 6.45) is 1.05. The second kappa shape index (κ2) is 6.39. The third-order valence-electron chi connectivity index (χ3n) is 3.36. The smallest absolute Gasteiger partial charge is 0.127 e. The van der Waals surface area contributed by atoms with Gasteiger partial charge in [-0.15, -0.1) is 0 Å². The zero-order valence-electron chi connectivity index (χ0n) is 11.8. The van der Waals surface area contributed by atoms with Crippen LogP contribution in [-0.4, -0.2) is 7.05 Å². The van der Waals surface area contributed by atoms with Crippen molar-refractivity contribution < 1.29 is 4.74 Å². The van der Waals surface area contributed by atoms with Crippen molar-refractivity contribution in [2.24, 2.45) is 0 Å². The van der Waals surface area contributed by atoms with Gasteiger partial charge >= 0.3 is 0 Å². The lowest BCUT2D eigenvalue weighted by molar-refractivity contribution is 0.480. The minimum Gasteiger partial charge on any atom is -0.457 e. The number of rotatable bonds is 5. The lowest BCUT2D eigenvalue weighted by Gasteiger charge is -2.12. The highest BCUT2D eigenvalue weighted by Gasteiger charge is 2.04. The molecule has 2 rings (SSSR count). The van der Waals surface area contributed by atoms with Crippen LogP contribution in [0.15, 0.2) is 48.5 Å². The van der Waals surface area contributed by atoms with Crippen LogP contribution in [0.4, 0.5) is 0 Å². The molecule has 0 fully saturated rings. The zero-order valence-corrected chi connectivity index (χ0v) is 11.8. The fourth-order valence-electron chi connectivity index (χ4n) is 1.94. The summed E-state index contributed by atoms with van der Waals surface area (Å²) in [5.74, 6) is 1.76. The van der Waals surface area contributed by atoms with E-state index in [1.807, 2.05) is 31.3 Å². The van der Waals surface area contributed by atoms with Crippen LogP contribution in [0, 0.1) is 0 Å². The van der Waals surface area contributed by atoms with Gasteiger partial charge in [-0.25, -0.2) is 0 Å². The number of benzene rings is 2. The summed E-state index contributed by atoms with van der Waals surface area (Å²) >= 11 is 0. The van der Waals surface area contributed by atoms with E-state index < -0.39 is 0 Å². The fraction of sp³-hybridized carbons (Fsp3) is 0.294. The third-order valence-corrected chi connectivity index (χ3v) is 3.36. The summed E-state index contributed by atoms with van der Waals surface area (Å²) in [4.78, 5) is 0. The van der Waals surface area contributed by atoms with Crippen LogP contribution in [0.5, 0.6) is 11.5 Å². The van der Waals surface area contributed by atoms with Gasteiger partial charge < -0.3 is 10.1 Å². The SMILES string of the molecule is CCc1ccc(Oc2cccc(C(C)NC)c2)cc1. The van der Waals surface area contributed by atoms with E-state index in [2.05, 4.69) is 43.4 Å². The van der Waals surface area contributed by atoms with Gasteiger partial charge in [-0.1, -0.05) is 31.2 Å². The molecule has 0 aliphatic heterocycles. The minimum atomic E-state index is 0.325. The largest absolute Gasteiger partial charge is 0.457 e. The number of hydrogen-bond acceptors (Lipinski definition) is 2. The first-order valence-corrected chi connectivity index (χ1v) is 6.77. The molecule has 100 valence electrons. The molecule has 2 aromatic rings. The Morgan fingerprint density at radius 3 is 2.42 bits per heavy atom. The Hall–Kier alpha value is -1.80. The topological polar surface area (TPSA) is 21.3 Å². The highest BCUT2D eigenvalue weighted by atomic mass is 16.5. The van der Waals surface area contributed by atoms with E-state index in [4.69, 9.17) is 4.74 Å². The van der Waals surface area contributed by atoms with Gasteiger partial charge in [0.05, 0.1) is 0 Å². The molecule has 2 heteroatoms. The molecule has 0 bridgehead atoms. The van der Waals surface area contributed by atoms with Crippen LogP contribution in [0.3, 0.4) is 0 Å². The van der Waals surface area contributed by atoms with E-state index in [0.717, 1.165) is 17.9 Å². The summed E-state index contributed by atoms with van der Waals surface area (Å²) in [5, 5.41) is 3.23. The molecule has 1 unspecified atom stereocenters. The summed E-state index contributed by atoms with van der Waals surface area (Å²) in [7, 11) is 1.96. The molecule has 0 saturated carbocycles. The van der Waals surface area contributed by atoms with Gasteiger partial charge in [-0.2, -0.15) is 0 Å². The van der Waals surface area contributed by atoms with Crippen molar-refractivity contribution in [1.29, 1.82) is 0 Å². The minimum absolute atomic E-state index is 0.325. The highest BCUT2D eigenvalue weighted by molar-refractivity contribution is 5.36. The molecule has 1 N–H and O–H groups in total. The van der Waals surface area contributed by atoms with Crippen molar-refractivity contribution in [3.8, 4) is 11.5 Å². The predicted octanol–water partition coefficient (Wildman–Crippen LogP) is 4.32. The first-order valence-electron chi connectivity index (χ1n) is 6.77. The van der Waals surface area contributed by atoms with Crippen LogP contribution in [0.25, 0.3) is 0 Å². The molecule has 0 spiro atoms. The van der Waals surface area contributed by atoms with Gasteiger partial charge in [-0.3, -0.25) is 0 Å². The van der Waals surface area contributed by atoms with Crippen molar-refractivity contribution >= 4 is 0 Å². The second-order valence-corrected chi connectivity index (χ2v) is 4.68. The first-order chi connectivity index (χ1) is 9.22. The Morgan fingerprint density at radius 2 is 1.79 bits per heavy atom. The standard InChI is InChI=1S/C17H21NO/c1-4-14-8-10-16(11-9-14)19-17-7-5-6-15(12-17)13(2)18-3/h5-13,18H,4H2,1-3H3. The van der Waals surface area contributed by atoms with Crippen molar-refractivity contribution in [2.75, 3.05) is 7.05 Å². The van der Waals surface area contributed by atoms with E-state index in [1.165, 1.54) is 11.1 Å². The maximum atomic E-state index is 5.89. The van der Waals surface area contributed by atoms with Crippen molar-refractivity contribution in [1.82, 2.24) is 5.32 Å². The average Bonchev–Trinajstić information content (AvgIpc) is 2.47. The molecule has 0 saturated heterocycles. The molecule has 0 amide bonds.